The maximum atomic E-state index is 12.7. The summed E-state index contributed by atoms with van der Waals surface area (Å²) in [5, 5.41) is 5.08. The fraction of sp³-hybridized carbons (Fsp3) is 0.316. The van der Waals surface area contributed by atoms with Crippen LogP contribution in [-0.4, -0.2) is 32.3 Å². The Bertz CT molecular complexity index is 842. The van der Waals surface area contributed by atoms with Crippen LogP contribution in [0.1, 0.15) is 40.2 Å². The van der Waals surface area contributed by atoms with Crippen LogP contribution in [0.2, 0.25) is 0 Å². The lowest BCUT2D eigenvalue weighted by molar-refractivity contribution is 0.0713. The predicted octanol–water partition coefficient (Wildman–Crippen LogP) is 2.49. The number of nitrogens with two attached hydrogens (primary N) is 1. The van der Waals surface area contributed by atoms with Crippen LogP contribution in [-0.2, 0) is 15.8 Å². The lowest BCUT2D eigenvalue weighted by Gasteiger charge is -2.32. The predicted molar refractivity (Wildman–Crippen MR) is 97.6 cm³/mol. The Labute approximate surface area is 148 Å². The van der Waals surface area contributed by atoms with Crippen LogP contribution < -0.4 is 5.14 Å². The molecule has 132 valence electrons. The van der Waals surface area contributed by atoms with E-state index in [0.717, 1.165) is 12.8 Å². The summed E-state index contributed by atoms with van der Waals surface area (Å²) in [6.45, 7) is 1.41. The van der Waals surface area contributed by atoms with E-state index in [1.165, 1.54) is 5.56 Å². The Balaban J connectivity index is 1.66. The molecule has 1 amide bonds. The van der Waals surface area contributed by atoms with Crippen molar-refractivity contribution in [1.29, 1.82) is 0 Å². The third kappa shape index (κ3) is 4.67. The van der Waals surface area contributed by atoms with E-state index in [1.54, 1.807) is 24.3 Å². The Morgan fingerprint density at radius 1 is 1.04 bits per heavy atom. The summed E-state index contributed by atoms with van der Waals surface area (Å²) in [6.07, 6.45) is 1.87. The van der Waals surface area contributed by atoms with Crippen LogP contribution in [0.15, 0.2) is 54.6 Å². The molecule has 0 saturated carbocycles. The van der Waals surface area contributed by atoms with Crippen LogP contribution in [0.25, 0.3) is 0 Å². The Morgan fingerprint density at radius 3 is 2.36 bits per heavy atom. The van der Waals surface area contributed by atoms with Crippen LogP contribution in [0, 0.1) is 0 Å². The molecule has 0 unspecified atom stereocenters. The van der Waals surface area contributed by atoms with Gasteiger partial charge in [-0.3, -0.25) is 4.79 Å². The zero-order valence-electron chi connectivity index (χ0n) is 14.0. The molecule has 0 radical (unpaired) electrons. The summed E-state index contributed by atoms with van der Waals surface area (Å²) in [7, 11) is -3.61. The number of primary sulfonamides is 1. The van der Waals surface area contributed by atoms with E-state index in [1.807, 2.05) is 23.1 Å². The molecule has 1 fully saturated rings. The highest BCUT2D eigenvalue weighted by Gasteiger charge is 2.24. The van der Waals surface area contributed by atoms with E-state index < -0.39 is 10.0 Å². The average molecular weight is 358 g/mol. The first-order valence-electron chi connectivity index (χ1n) is 8.36. The maximum absolute atomic E-state index is 12.7. The van der Waals surface area contributed by atoms with Crippen molar-refractivity contribution in [2.45, 2.75) is 24.5 Å². The van der Waals surface area contributed by atoms with E-state index in [4.69, 9.17) is 5.14 Å². The molecule has 2 N–H and O–H groups in total. The van der Waals surface area contributed by atoms with Crippen molar-refractivity contribution in [3.63, 3.8) is 0 Å². The fourth-order valence-electron chi connectivity index (χ4n) is 3.35. The minimum Gasteiger partial charge on any atom is -0.339 e. The first-order chi connectivity index (χ1) is 11.9. The first kappa shape index (κ1) is 17.6. The van der Waals surface area contributed by atoms with Gasteiger partial charge in [0.15, 0.2) is 0 Å². The van der Waals surface area contributed by atoms with Crippen molar-refractivity contribution in [3.05, 3.63) is 71.3 Å². The van der Waals surface area contributed by atoms with Gasteiger partial charge in [-0.25, -0.2) is 13.6 Å². The number of carbonyl (C=O) groups is 1. The number of piperidine rings is 1. The van der Waals surface area contributed by atoms with Gasteiger partial charge >= 0.3 is 0 Å². The second-order valence-electron chi connectivity index (χ2n) is 6.48. The molecule has 0 aliphatic carbocycles. The van der Waals surface area contributed by atoms with Crippen molar-refractivity contribution in [1.82, 2.24) is 4.90 Å². The van der Waals surface area contributed by atoms with Gasteiger partial charge < -0.3 is 4.90 Å². The van der Waals surface area contributed by atoms with Crippen LogP contribution in [0.4, 0.5) is 0 Å². The molecule has 1 heterocycles. The second-order valence-corrected chi connectivity index (χ2v) is 8.10. The van der Waals surface area contributed by atoms with Crippen LogP contribution in [0.5, 0.6) is 0 Å². The molecular weight excluding hydrogens is 336 g/mol. The molecule has 0 bridgehead atoms. The van der Waals surface area contributed by atoms with Crippen molar-refractivity contribution < 1.29 is 13.2 Å². The maximum Gasteiger partial charge on any atom is 0.253 e. The summed E-state index contributed by atoms with van der Waals surface area (Å²) in [5.41, 5.74) is 2.37. The van der Waals surface area contributed by atoms with Gasteiger partial charge in [-0.2, -0.15) is 0 Å². The number of sulfonamides is 1. The average Bonchev–Trinajstić information content (AvgIpc) is 2.61. The van der Waals surface area contributed by atoms with Gasteiger partial charge in [-0.15, -0.1) is 0 Å². The Hall–Kier alpha value is -2.18. The van der Waals surface area contributed by atoms with Gasteiger partial charge in [-0.05, 0) is 42.0 Å². The van der Waals surface area contributed by atoms with E-state index in [9.17, 15) is 13.2 Å². The van der Waals surface area contributed by atoms with Gasteiger partial charge in [0.25, 0.3) is 5.91 Å². The van der Waals surface area contributed by atoms with E-state index in [2.05, 4.69) is 12.1 Å². The molecule has 3 rings (SSSR count). The highest BCUT2D eigenvalue weighted by molar-refractivity contribution is 7.88. The number of likely N-dealkylation sites (tertiary alicyclic amines) is 1. The molecule has 2 aromatic carbocycles. The summed E-state index contributed by atoms with van der Waals surface area (Å²) in [4.78, 5) is 14.5. The van der Waals surface area contributed by atoms with Crippen LogP contribution >= 0.6 is 0 Å². The summed E-state index contributed by atoms with van der Waals surface area (Å²) < 4.78 is 22.5. The monoisotopic (exact) mass is 358 g/mol. The van der Waals surface area contributed by atoms with Crippen molar-refractivity contribution >= 4 is 15.9 Å². The first-order valence-corrected chi connectivity index (χ1v) is 10.1. The van der Waals surface area contributed by atoms with E-state index in [0.29, 0.717) is 30.1 Å². The normalized spacial score (nSPS) is 16.0. The number of carbonyl (C=O) groups excluding carboxylic acids is 1. The molecule has 2 aromatic rings. The zero-order valence-corrected chi connectivity index (χ0v) is 14.8. The summed E-state index contributed by atoms with van der Waals surface area (Å²) in [6, 6.07) is 17.1. The van der Waals surface area contributed by atoms with Crippen molar-refractivity contribution in [2.75, 3.05) is 13.1 Å². The highest BCUT2D eigenvalue weighted by atomic mass is 32.2. The summed E-state index contributed by atoms with van der Waals surface area (Å²) in [5.74, 6) is 0.172. The smallest absolute Gasteiger partial charge is 0.253 e. The second kappa shape index (κ2) is 7.37. The largest absolute Gasteiger partial charge is 0.339 e. The SMILES string of the molecule is NS(=O)(=O)Cc1cccc(C(=O)N2CCC(c3ccccc3)CC2)c1. The number of benzene rings is 2. The molecule has 1 aliphatic heterocycles. The molecule has 25 heavy (non-hydrogen) atoms. The third-order valence-electron chi connectivity index (χ3n) is 4.59. The molecular formula is C19H22N2O3S. The molecule has 1 aliphatic rings. The number of nitrogens with zero attached hydrogens (tertiary/aromatic N) is 1. The number of rotatable bonds is 4. The summed E-state index contributed by atoms with van der Waals surface area (Å²) >= 11 is 0. The minimum atomic E-state index is -3.61. The van der Waals surface area contributed by atoms with Gasteiger partial charge in [0.1, 0.15) is 0 Å². The quantitative estimate of drug-likeness (QED) is 0.912. The molecule has 5 nitrogen and oxygen atoms in total. The van der Waals surface area contributed by atoms with Crippen LogP contribution in [0.3, 0.4) is 0 Å². The topological polar surface area (TPSA) is 80.5 Å². The molecule has 0 aromatic heterocycles. The molecule has 0 atom stereocenters. The fourth-order valence-corrected chi connectivity index (χ4v) is 3.99. The van der Waals surface area contributed by atoms with E-state index >= 15 is 0 Å². The zero-order chi connectivity index (χ0) is 17.9. The van der Waals surface area contributed by atoms with Gasteiger partial charge in [0.05, 0.1) is 5.75 Å². The van der Waals surface area contributed by atoms with E-state index in [-0.39, 0.29) is 11.7 Å². The van der Waals surface area contributed by atoms with Gasteiger partial charge in [-0.1, -0.05) is 42.5 Å². The molecule has 6 heteroatoms. The third-order valence-corrected chi connectivity index (χ3v) is 5.33. The molecule has 1 saturated heterocycles. The lowest BCUT2D eigenvalue weighted by atomic mass is 9.89. The minimum absolute atomic E-state index is 0.0530. The highest BCUT2D eigenvalue weighted by Crippen LogP contribution is 2.28. The standard InChI is InChI=1S/C19H22N2O3S/c20-25(23,24)14-15-5-4-8-18(13-15)19(22)21-11-9-17(10-12-21)16-6-2-1-3-7-16/h1-8,13,17H,9-12,14H2,(H2,20,23,24). The Kier molecular flexibility index (Phi) is 5.20. The lowest BCUT2D eigenvalue weighted by Crippen LogP contribution is -2.38. The Morgan fingerprint density at radius 2 is 1.72 bits per heavy atom. The van der Waals surface area contributed by atoms with Gasteiger partial charge in [0, 0.05) is 18.7 Å². The number of hydrogen-bond acceptors (Lipinski definition) is 3. The number of hydrogen-bond donors (Lipinski definition) is 1. The van der Waals surface area contributed by atoms with Crippen molar-refractivity contribution in [2.24, 2.45) is 5.14 Å². The van der Waals surface area contributed by atoms with Gasteiger partial charge in [0.2, 0.25) is 10.0 Å². The molecule has 0 spiro atoms. The number of amides is 1. The van der Waals surface area contributed by atoms with Crippen molar-refractivity contribution in [3.8, 4) is 0 Å².